The Labute approximate surface area is 255 Å². The van der Waals surface area contributed by atoms with Crippen LogP contribution in [0.15, 0.2) is 155 Å². The summed E-state index contributed by atoms with van der Waals surface area (Å²) in [4.78, 5) is 8.55. The summed E-state index contributed by atoms with van der Waals surface area (Å²) in [6, 6.07) is 41.8. The van der Waals surface area contributed by atoms with Crippen molar-refractivity contribution >= 4 is 50.3 Å². The van der Waals surface area contributed by atoms with E-state index in [1.54, 1.807) is 0 Å². The van der Waals surface area contributed by atoms with Crippen LogP contribution in [-0.4, -0.2) is 18.8 Å². The number of benzene rings is 5. The van der Waals surface area contributed by atoms with E-state index in [0.29, 0.717) is 23.7 Å². The molecule has 1 aromatic heterocycles. The van der Waals surface area contributed by atoms with Crippen LogP contribution in [0.3, 0.4) is 0 Å². The second kappa shape index (κ2) is 12.6. The molecule has 0 aliphatic heterocycles. The van der Waals surface area contributed by atoms with E-state index in [4.69, 9.17) is 11.1 Å². The van der Waals surface area contributed by atoms with Crippen LogP contribution in [0.2, 0.25) is 0 Å². The van der Waals surface area contributed by atoms with E-state index in [-0.39, 0.29) is 0 Å². The van der Waals surface area contributed by atoms with Gasteiger partial charge in [-0.3, -0.25) is 0 Å². The van der Waals surface area contributed by atoms with Crippen molar-refractivity contribution in [3.05, 3.63) is 156 Å². The van der Waals surface area contributed by atoms with E-state index < -0.39 is 0 Å². The molecule has 0 aliphatic carbocycles. The van der Waals surface area contributed by atoms with Gasteiger partial charge in [0.15, 0.2) is 5.82 Å². The van der Waals surface area contributed by atoms with E-state index in [1.165, 1.54) is 54.2 Å². The molecule has 0 bridgehead atoms. The molecular formula is C38H30N4S. The second-order valence-corrected chi connectivity index (χ2v) is 11.1. The van der Waals surface area contributed by atoms with Gasteiger partial charge >= 0.3 is 0 Å². The van der Waals surface area contributed by atoms with E-state index in [2.05, 4.69) is 108 Å². The lowest BCUT2D eigenvalue weighted by Gasteiger charge is -2.08. The number of hydrogen-bond donors (Lipinski definition) is 2. The molecule has 5 heteroatoms. The summed E-state index contributed by atoms with van der Waals surface area (Å²) in [5.74, 6) is 0.638. The molecule has 4 nitrogen and oxygen atoms in total. The van der Waals surface area contributed by atoms with Crippen LogP contribution in [0.25, 0.3) is 42.4 Å². The summed E-state index contributed by atoms with van der Waals surface area (Å²) in [6.07, 6.45) is 5.84. The summed E-state index contributed by atoms with van der Waals surface area (Å²) in [5.41, 5.74) is 13.6. The molecule has 0 unspecified atom stereocenters. The number of nitrogens with two attached hydrogens (primary N) is 1. The first-order valence-electron chi connectivity index (χ1n) is 14.0. The first-order chi connectivity index (χ1) is 21.2. The summed E-state index contributed by atoms with van der Waals surface area (Å²) >= 11 is 1.83. The Morgan fingerprint density at radius 3 is 2.14 bits per heavy atom. The highest BCUT2D eigenvalue weighted by molar-refractivity contribution is 7.26. The van der Waals surface area contributed by atoms with Crippen LogP contribution in [0.1, 0.15) is 11.1 Å². The summed E-state index contributed by atoms with van der Waals surface area (Å²) in [7, 11) is 0. The first kappa shape index (κ1) is 27.8. The summed E-state index contributed by atoms with van der Waals surface area (Å²) in [6.45, 7) is 3.68. The number of aliphatic imine (C=N–C) groups is 2. The second-order valence-electron chi connectivity index (χ2n) is 10.1. The average molecular weight is 575 g/mol. The SMILES string of the molecule is C=NC(/N=C(\N)c1ccccc1)=C(C=N)\C=C/Cc1ccc(-c2ccccc2)c2sc3ccc(-c4ccccc4)cc3c12. The van der Waals surface area contributed by atoms with Crippen LogP contribution >= 0.6 is 11.3 Å². The van der Waals surface area contributed by atoms with Gasteiger partial charge in [0.2, 0.25) is 0 Å². The molecule has 6 aromatic rings. The Bertz CT molecular complexity index is 2020. The number of amidine groups is 1. The molecule has 0 fully saturated rings. The van der Waals surface area contributed by atoms with Crippen LogP contribution in [0.4, 0.5) is 0 Å². The van der Waals surface area contributed by atoms with Crippen LogP contribution < -0.4 is 5.73 Å². The van der Waals surface area contributed by atoms with Crippen molar-refractivity contribution in [1.29, 1.82) is 5.41 Å². The van der Waals surface area contributed by atoms with Crippen molar-refractivity contribution < 1.29 is 0 Å². The topological polar surface area (TPSA) is 74.6 Å². The minimum absolute atomic E-state index is 0.311. The third kappa shape index (κ3) is 5.85. The van der Waals surface area contributed by atoms with Crippen LogP contribution in [0.5, 0.6) is 0 Å². The fraction of sp³-hybridized carbons (Fsp3) is 0.0263. The zero-order valence-corrected chi connectivity index (χ0v) is 24.4. The maximum atomic E-state index is 8.04. The molecule has 0 amide bonds. The number of nitrogens with zero attached hydrogens (tertiary/aromatic N) is 2. The zero-order valence-electron chi connectivity index (χ0n) is 23.6. The maximum absolute atomic E-state index is 8.04. The molecule has 6 rings (SSSR count). The van der Waals surface area contributed by atoms with Gasteiger partial charge in [-0.25, -0.2) is 9.98 Å². The van der Waals surface area contributed by atoms with Gasteiger partial charge in [0.25, 0.3) is 0 Å². The monoisotopic (exact) mass is 574 g/mol. The molecule has 0 saturated carbocycles. The molecule has 5 aromatic carbocycles. The third-order valence-electron chi connectivity index (χ3n) is 7.39. The van der Waals surface area contributed by atoms with Gasteiger partial charge in [0.05, 0.1) is 0 Å². The Morgan fingerprint density at radius 1 is 0.791 bits per heavy atom. The van der Waals surface area contributed by atoms with Gasteiger partial charge in [-0.1, -0.05) is 121 Å². The van der Waals surface area contributed by atoms with Crippen LogP contribution in [0, 0.1) is 5.41 Å². The molecule has 43 heavy (non-hydrogen) atoms. The largest absolute Gasteiger partial charge is 0.383 e. The first-order valence-corrected chi connectivity index (χ1v) is 14.8. The van der Waals surface area contributed by atoms with Gasteiger partial charge in [0, 0.05) is 37.5 Å². The number of thiophene rings is 1. The van der Waals surface area contributed by atoms with Crippen LogP contribution in [-0.2, 0) is 6.42 Å². The predicted molar refractivity (Wildman–Crippen MR) is 186 cm³/mol. The minimum Gasteiger partial charge on any atom is -0.383 e. The van der Waals surface area contributed by atoms with Crippen molar-refractivity contribution in [3.63, 3.8) is 0 Å². The Kier molecular flexibility index (Phi) is 8.16. The lowest BCUT2D eigenvalue weighted by Crippen LogP contribution is -2.13. The highest BCUT2D eigenvalue weighted by atomic mass is 32.1. The molecule has 0 atom stereocenters. The number of rotatable bonds is 9. The third-order valence-corrected chi connectivity index (χ3v) is 8.60. The fourth-order valence-corrected chi connectivity index (χ4v) is 6.52. The molecule has 0 saturated heterocycles. The lowest BCUT2D eigenvalue weighted by atomic mass is 9.95. The summed E-state index contributed by atoms with van der Waals surface area (Å²) < 4.78 is 2.53. The standard InChI is InChI=1S/C38H30N4S/c1-41-38(42-37(40)29-16-9-4-10-17-29)31(25-39)19-11-18-28-20-22-32(27-14-7-3-8-15-27)36-35(28)33-24-30(21-23-34(33)43-36)26-12-5-2-6-13-26/h2-17,19-25,39H,1,18H2,(H2,40,42)/b19-11-,38-31-,39-25?. The number of hydrogen-bond acceptors (Lipinski definition) is 4. The van der Waals surface area contributed by atoms with Gasteiger partial charge in [-0.2, -0.15) is 0 Å². The quantitative estimate of drug-likeness (QED) is 0.101. The molecule has 3 N–H and O–H groups in total. The molecule has 0 spiro atoms. The fourth-order valence-electron chi connectivity index (χ4n) is 5.25. The summed E-state index contributed by atoms with van der Waals surface area (Å²) in [5, 5.41) is 10.5. The highest BCUT2D eigenvalue weighted by Crippen LogP contribution is 2.43. The minimum atomic E-state index is 0.311. The smallest absolute Gasteiger partial charge is 0.162 e. The molecule has 208 valence electrons. The van der Waals surface area contributed by atoms with Gasteiger partial charge in [-0.05, 0) is 53.1 Å². The maximum Gasteiger partial charge on any atom is 0.162 e. The molecular weight excluding hydrogens is 545 g/mol. The molecule has 0 radical (unpaired) electrons. The van der Waals surface area contributed by atoms with Crippen molar-refractivity contribution in [3.8, 4) is 22.3 Å². The van der Waals surface area contributed by atoms with E-state index in [1.807, 2.05) is 53.8 Å². The average Bonchev–Trinajstić information content (AvgIpc) is 3.46. The van der Waals surface area contributed by atoms with Gasteiger partial charge in [-0.15, -0.1) is 11.3 Å². The number of nitrogens with one attached hydrogen (secondary N) is 1. The van der Waals surface area contributed by atoms with E-state index >= 15 is 0 Å². The van der Waals surface area contributed by atoms with E-state index in [9.17, 15) is 0 Å². The van der Waals surface area contributed by atoms with Crippen molar-refractivity contribution in [2.45, 2.75) is 6.42 Å². The molecule has 1 heterocycles. The zero-order chi connectivity index (χ0) is 29.6. The lowest BCUT2D eigenvalue weighted by molar-refractivity contribution is 1.21. The Hall–Kier alpha value is -5.39. The van der Waals surface area contributed by atoms with Crippen molar-refractivity contribution in [1.82, 2.24) is 0 Å². The van der Waals surface area contributed by atoms with Gasteiger partial charge in [0.1, 0.15) is 5.84 Å². The normalized spacial score (nSPS) is 12.5. The highest BCUT2D eigenvalue weighted by Gasteiger charge is 2.15. The molecule has 0 aliphatic rings. The Balaban J connectivity index is 1.44. The van der Waals surface area contributed by atoms with Crippen molar-refractivity contribution in [2.75, 3.05) is 0 Å². The Morgan fingerprint density at radius 2 is 1.47 bits per heavy atom. The van der Waals surface area contributed by atoms with Gasteiger partial charge < -0.3 is 11.1 Å². The predicted octanol–water partition coefficient (Wildman–Crippen LogP) is 9.45. The van der Waals surface area contributed by atoms with E-state index in [0.717, 1.165) is 5.56 Å². The number of fused-ring (bicyclic) bond motifs is 3. The number of allylic oxidation sites excluding steroid dienone is 3. The van der Waals surface area contributed by atoms with Crippen molar-refractivity contribution in [2.24, 2.45) is 15.7 Å².